The zero-order valence-corrected chi connectivity index (χ0v) is 14.9. The van der Waals surface area contributed by atoms with Crippen molar-refractivity contribution in [3.63, 3.8) is 0 Å². The Morgan fingerprint density at radius 2 is 1.89 bits per heavy atom. The Morgan fingerprint density at radius 3 is 2.54 bits per heavy atom. The zero-order chi connectivity index (χ0) is 19.2. The van der Waals surface area contributed by atoms with Crippen LogP contribution >= 0.6 is 0 Å². The van der Waals surface area contributed by atoms with E-state index in [9.17, 15) is 9.18 Å². The van der Waals surface area contributed by atoms with Crippen molar-refractivity contribution < 1.29 is 13.9 Å². The van der Waals surface area contributed by atoms with Gasteiger partial charge in [0.1, 0.15) is 24.7 Å². The van der Waals surface area contributed by atoms with Crippen LogP contribution in [0.1, 0.15) is 38.7 Å². The third-order valence-electron chi connectivity index (χ3n) is 4.39. The molecule has 0 saturated carbocycles. The highest BCUT2D eigenvalue weighted by Gasteiger charge is 2.16. The molecule has 0 radical (unpaired) electrons. The molecule has 1 aliphatic heterocycles. The summed E-state index contributed by atoms with van der Waals surface area (Å²) >= 11 is 0. The number of ether oxygens (including phenoxy) is 1. The number of benzene rings is 1. The van der Waals surface area contributed by atoms with Gasteiger partial charge in [0.05, 0.1) is 0 Å². The second-order valence-electron chi connectivity index (χ2n) is 6.46. The summed E-state index contributed by atoms with van der Waals surface area (Å²) in [6, 6.07) is 4.86. The largest absolute Gasteiger partial charge is 0.460 e. The van der Waals surface area contributed by atoms with E-state index in [0.29, 0.717) is 17.1 Å². The van der Waals surface area contributed by atoms with E-state index in [1.165, 1.54) is 6.42 Å². The van der Waals surface area contributed by atoms with E-state index >= 15 is 0 Å². The second kappa shape index (κ2) is 9.77. The molecule has 1 aromatic carbocycles. The van der Waals surface area contributed by atoms with Gasteiger partial charge in [0.15, 0.2) is 0 Å². The quantitative estimate of drug-likeness (QED) is 0.448. The second-order valence-corrected chi connectivity index (χ2v) is 6.46. The number of piperidine rings is 1. The summed E-state index contributed by atoms with van der Waals surface area (Å²) in [5.74, 6) is -0.780. The molecule has 1 fully saturated rings. The van der Waals surface area contributed by atoms with Crippen molar-refractivity contribution in [1.29, 1.82) is 5.41 Å². The Balaban J connectivity index is 0.00000280. The van der Waals surface area contributed by atoms with Gasteiger partial charge in [-0.05, 0) is 19.3 Å². The number of anilines is 1. The van der Waals surface area contributed by atoms with Gasteiger partial charge in [-0.2, -0.15) is 0 Å². The van der Waals surface area contributed by atoms with Gasteiger partial charge in [-0.1, -0.05) is 25.6 Å². The SMILES string of the molecule is C.N=C(N)CC(=O)OCc1cccc(-c2cnc(N3CCCCC3)nc2)c1F. The predicted molar refractivity (Wildman–Crippen MR) is 107 cm³/mol. The number of nitrogens with one attached hydrogen (secondary N) is 1. The minimum Gasteiger partial charge on any atom is -0.460 e. The third kappa shape index (κ3) is 5.25. The molecule has 3 rings (SSSR count). The number of halogens is 1. The molecule has 2 heterocycles. The minimum absolute atomic E-state index is 0. The number of aromatic nitrogens is 2. The highest BCUT2D eigenvalue weighted by Crippen LogP contribution is 2.25. The molecular weight excluding hydrogens is 361 g/mol. The number of carbonyl (C=O) groups excluding carboxylic acids is 1. The fourth-order valence-electron chi connectivity index (χ4n) is 3.00. The van der Waals surface area contributed by atoms with Crippen LogP contribution in [-0.2, 0) is 16.1 Å². The lowest BCUT2D eigenvalue weighted by Gasteiger charge is -2.26. The number of amidine groups is 1. The first-order chi connectivity index (χ1) is 13.0. The molecule has 0 aliphatic carbocycles. The maximum atomic E-state index is 14.8. The molecule has 3 N–H and O–H groups in total. The van der Waals surface area contributed by atoms with Crippen LogP contribution in [-0.4, -0.2) is 34.9 Å². The van der Waals surface area contributed by atoms with Crippen molar-refractivity contribution in [2.45, 2.75) is 39.7 Å². The van der Waals surface area contributed by atoms with Gasteiger partial charge in [0.2, 0.25) is 5.95 Å². The summed E-state index contributed by atoms with van der Waals surface area (Å²) < 4.78 is 19.8. The first-order valence-electron chi connectivity index (χ1n) is 8.88. The van der Waals surface area contributed by atoms with Gasteiger partial charge in [-0.3, -0.25) is 10.2 Å². The summed E-state index contributed by atoms with van der Waals surface area (Å²) in [7, 11) is 0. The van der Waals surface area contributed by atoms with Gasteiger partial charge in [0.25, 0.3) is 0 Å². The summed E-state index contributed by atoms with van der Waals surface area (Å²) in [6.45, 7) is 1.65. The fraction of sp³-hybridized carbons (Fsp3) is 0.400. The van der Waals surface area contributed by atoms with Crippen molar-refractivity contribution in [2.75, 3.05) is 18.0 Å². The molecular formula is C20H26FN5O2. The normalized spacial score (nSPS) is 13.5. The number of hydrogen-bond donors (Lipinski definition) is 2. The summed E-state index contributed by atoms with van der Waals surface area (Å²) in [5.41, 5.74) is 6.30. The average molecular weight is 387 g/mol. The number of nitrogens with zero attached hydrogens (tertiary/aromatic N) is 3. The lowest BCUT2D eigenvalue weighted by Crippen LogP contribution is -2.30. The molecule has 0 amide bonds. The van der Waals surface area contributed by atoms with E-state index in [2.05, 4.69) is 14.9 Å². The predicted octanol–water partition coefficient (Wildman–Crippen LogP) is 3.28. The van der Waals surface area contributed by atoms with Crippen LogP contribution < -0.4 is 10.6 Å². The molecule has 0 unspecified atom stereocenters. The minimum atomic E-state index is -0.665. The average Bonchev–Trinajstić information content (AvgIpc) is 2.67. The number of carbonyl (C=O) groups is 1. The molecule has 150 valence electrons. The monoisotopic (exact) mass is 387 g/mol. The Bertz CT molecular complexity index is 820. The van der Waals surface area contributed by atoms with E-state index in [-0.39, 0.29) is 31.9 Å². The van der Waals surface area contributed by atoms with Gasteiger partial charge in [-0.25, -0.2) is 14.4 Å². The molecule has 2 aromatic rings. The molecule has 0 spiro atoms. The smallest absolute Gasteiger partial charge is 0.313 e. The van der Waals surface area contributed by atoms with Gasteiger partial charge >= 0.3 is 5.97 Å². The molecule has 0 atom stereocenters. The van der Waals surface area contributed by atoms with Crippen LogP contribution in [0.15, 0.2) is 30.6 Å². The number of nitrogens with two attached hydrogens (primary N) is 1. The summed E-state index contributed by atoms with van der Waals surface area (Å²) in [6.07, 6.45) is 6.40. The first kappa shape index (κ1) is 21.3. The Morgan fingerprint density at radius 1 is 1.21 bits per heavy atom. The van der Waals surface area contributed by atoms with Crippen molar-refractivity contribution in [2.24, 2.45) is 5.73 Å². The highest BCUT2D eigenvalue weighted by molar-refractivity contribution is 5.94. The molecule has 28 heavy (non-hydrogen) atoms. The number of esters is 1. The van der Waals surface area contributed by atoms with Crippen LogP contribution in [0.4, 0.5) is 10.3 Å². The molecule has 8 heteroatoms. The van der Waals surface area contributed by atoms with Crippen LogP contribution in [0.2, 0.25) is 0 Å². The summed E-state index contributed by atoms with van der Waals surface area (Å²) in [5, 5.41) is 7.07. The van der Waals surface area contributed by atoms with Crippen LogP contribution in [0, 0.1) is 11.2 Å². The molecule has 7 nitrogen and oxygen atoms in total. The topological polar surface area (TPSA) is 105 Å². The maximum absolute atomic E-state index is 14.8. The van der Waals surface area contributed by atoms with Crippen molar-refractivity contribution in [3.05, 3.63) is 42.0 Å². The van der Waals surface area contributed by atoms with E-state index in [4.69, 9.17) is 15.9 Å². The van der Waals surface area contributed by atoms with Crippen molar-refractivity contribution >= 4 is 17.8 Å². The van der Waals surface area contributed by atoms with Crippen molar-refractivity contribution in [1.82, 2.24) is 9.97 Å². The maximum Gasteiger partial charge on any atom is 0.313 e. The van der Waals surface area contributed by atoms with Crippen LogP contribution in [0.3, 0.4) is 0 Å². The van der Waals surface area contributed by atoms with Crippen LogP contribution in [0.5, 0.6) is 0 Å². The first-order valence-corrected chi connectivity index (χ1v) is 8.88. The molecule has 1 aliphatic rings. The standard InChI is InChI=1S/C19H22FN5O2.CH4/c20-18-13(12-27-17(26)9-16(21)22)5-4-6-15(18)14-10-23-19(24-11-14)25-7-2-1-3-8-25;/h4-6,10-11H,1-3,7-9,12H2,(H3,21,22);1H4. The fourth-order valence-corrected chi connectivity index (χ4v) is 3.00. The Labute approximate surface area is 164 Å². The van der Waals surface area contributed by atoms with E-state index in [1.54, 1.807) is 30.6 Å². The van der Waals surface area contributed by atoms with E-state index in [0.717, 1.165) is 25.9 Å². The zero-order valence-electron chi connectivity index (χ0n) is 14.9. The Hall–Kier alpha value is -3.03. The van der Waals surface area contributed by atoms with Gasteiger partial charge < -0.3 is 15.4 Å². The Kier molecular flexibility index (Phi) is 7.43. The highest BCUT2D eigenvalue weighted by atomic mass is 19.1. The molecule has 1 saturated heterocycles. The lowest BCUT2D eigenvalue weighted by molar-refractivity contribution is -0.143. The number of rotatable bonds is 6. The lowest BCUT2D eigenvalue weighted by atomic mass is 10.1. The van der Waals surface area contributed by atoms with Crippen molar-refractivity contribution in [3.8, 4) is 11.1 Å². The molecule has 1 aromatic heterocycles. The van der Waals surface area contributed by atoms with E-state index < -0.39 is 11.8 Å². The van der Waals surface area contributed by atoms with Gasteiger partial charge in [-0.15, -0.1) is 0 Å². The van der Waals surface area contributed by atoms with Gasteiger partial charge in [0, 0.05) is 42.2 Å². The van der Waals surface area contributed by atoms with Crippen LogP contribution in [0.25, 0.3) is 11.1 Å². The number of hydrogen-bond acceptors (Lipinski definition) is 6. The summed E-state index contributed by atoms with van der Waals surface area (Å²) in [4.78, 5) is 22.4. The third-order valence-corrected chi connectivity index (χ3v) is 4.39. The van der Waals surface area contributed by atoms with E-state index in [1.807, 2.05) is 0 Å². The molecule has 0 bridgehead atoms.